The standard InChI is InChI=1S/C21H16ClF3N4O3.C7H8O3S.C5H9NO/c1-26-19(30)18-11-15(8-9-27-18)32-14-5-2-12(3-6-14)28-20(31)29-13-4-7-17(22)16(10-13)21(23,24)25;1-6-2-4-7(5-3-6)11(8,9)10;1-6-4-2-3-5(6)7/h2-11H,1H3,(H,26,30)(H2,28,29,31);2-5H,1H3,(H,8,9,10);2-4H2,1H3. The van der Waals surface area contributed by atoms with Gasteiger partial charge in [-0.1, -0.05) is 29.3 Å². The number of anilines is 2. The maximum Gasteiger partial charge on any atom is 0.417 e. The predicted octanol–water partition coefficient (Wildman–Crippen LogP) is 7.03. The highest BCUT2D eigenvalue weighted by Gasteiger charge is 2.33. The van der Waals surface area contributed by atoms with Crippen LogP contribution >= 0.6 is 11.6 Å². The number of carbonyl (C=O) groups excluding carboxylic acids is 3. The molecule has 50 heavy (non-hydrogen) atoms. The van der Waals surface area contributed by atoms with Gasteiger partial charge >= 0.3 is 12.2 Å². The van der Waals surface area contributed by atoms with Crippen LogP contribution in [0.3, 0.4) is 0 Å². The SMILES string of the molecule is CN1CCCC1=O.CNC(=O)c1cc(Oc2ccc(NC(=O)Nc3ccc(Cl)c(C(F)(F)F)c3)cc2)ccn1.Cc1ccc(S(=O)(=O)O)cc1. The number of nitrogens with zero attached hydrogens (tertiary/aromatic N) is 2. The summed E-state index contributed by atoms with van der Waals surface area (Å²) in [5.41, 5.74) is 0.409. The fourth-order valence-electron chi connectivity index (χ4n) is 4.08. The molecular weight excluding hydrogens is 703 g/mol. The van der Waals surface area contributed by atoms with E-state index in [1.165, 1.54) is 37.5 Å². The maximum atomic E-state index is 12.9. The molecule has 1 aliphatic rings. The molecule has 0 aliphatic carbocycles. The third kappa shape index (κ3) is 12.4. The minimum Gasteiger partial charge on any atom is -0.457 e. The molecule has 0 unspecified atom stereocenters. The number of carbonyl (C=O) groups is 3. The number of alkyl halides is 3. The summed E-state index contributed by atoms with van der Waals surface area (Å²) in [4.78, 5) is 39.9. The number of aryl methyl sites for hydroxylation is 1. The molecule has 0 bridgehead atoms. The van der Waals surface area contributed by atoms with Crippen molar-refractivity contribution in [1.82, 2.24) is 15.2 Å². The van der Waals surface area contributed by atoms with Gasteiger partial charge in [-0.2, -0.15) is 21.6 Å². The van der Waals surface area contributed by atoms with Gasteiger partial charge in [0.25, 0.3) is 16.0 Å². The highest BCUT2D eigenvalue weighted by Crippen LogP contribution is 2.36. The van der Waals surface area contributed by atoms with Crippen molar-refractivity contribution in [2.24, 2.45) is 0 Å². The topological polar surface area (TPSA) is 167 Å². The van der Waals surface area contributed by atoms with Gasteiger partial charge < -0.3 is 25.6 Å². The largest absolute Gasteiger partial charge is 0.457 e. The van der Waals surface area contributed by atoms with E-state index in [9.17, 15) is 36.0 Å². The summed E-state index contributed by atoms with van der Waals surface area (Å²) in [5, 5.41) is 6.83. The van der Waals surface area contributed by atoms with E-state index in [0.29, 0.717) is 23.1 Å². The van der Waals surface area contributed by atoms with Crippen molar-refractivity contribution >= 4 is 50.9 Å². The molecule has 1 aliphatic heterocycles. The van der Waals surface area contributed by atoms with Gasteiger partial charge in [0.05, 0.1) is 15.5 Å². The number of hydrogen-bond donors (Lipinski definition) is 4. The number of amides is 4. The van der Waals surface area contributed by atoms with E-state index in [4.69, 9.17) is 20.9 Å². The van der Waals surface area contributed by atoms with Crippen molar-refractivity contribution < 1.29 is 45.3 Å². The van der Waals surface area contributed by atoms with Crippen LogP contribution < -0.4 is 20.7 Å². The van der Waals surface area contributed by atoms with Crippen molar-refractivity contribution in [2.45, 2.75) is 30.8 Å². The number of pyridine rings is 1. The predicted molar refractivity (Wildman–Crippen MR) is 181 cm³/mol. The number of nitrogens with one attached hydrogen (secondary N) is 3. The molecule has 4 aromatic rings. The Labute approximate surface area is 291 Å². The first-order valence-corrected chi connectivity index (χ1v) is 16.5. The van der Waals surface area contributed by atoms with E-state index >= 15 is 0 Å². The number of ether oxygens (including phenoxy) is 1. The summed E-state index contributed by atoms with van der Waals surface area (Å²) in [6.45, 7) is 2.80. The molecule has 0 radical (unpaired) electrons. The van der Waals surface area contributed by atoms with Gasteiger partial charge in [0.2, 0.25) is 5.91 Å². The lowest BCUT2D eigenvalue weighted by molar-refractivity contribution is -0.137. The molecule has 1 aromatic heterocycles. The van der Waals surface area contributed by atoms with Crippen LogP contribution in [0.5, 0.6) is 11.5 Å². The summed E-state index contributed by atoms with van der Waals surface area (Å²) in [7, 11) is -0.689. The Bertz CT molecular complexity index is 1910. The van der Waals surface area contributed by atoms with Gasteiger partial charge in [0.15, 0.2) is 0 Å². The monoisotopic (exact) mass is 735 g/mol. The first-order valence-electron chi connectivity index (χ1n) is 14.6. The van der Waals surface area contributed by atoms with E-state index in [1.54, 1.807) is 47.4 Å². The van der Waals surface area contributed by atoms with Gasteiger partial charge in [0.1, 0.15) is 17.2 Å². The number of likely N-dealkylation sites (tertiary alicyclic amines) is 1. The lowest BCUT2D eigenvalue weighted by atomic mass is 10.2. The van der Waals surface area contributed by atoms with Gasteiger partial charge in [-0.15, -0.1) is 0 Å². The maximum absolute atomic E-state index is 12.9. The van der Waals surface area contributed by atoms with Crippen molar-refractivity contribution in [2.75, 3.05) is 31.3 Å². The minimum atomic E-state index is -4.64. The average Bonchev–Trinajstić information content (AvgIpc) is 3.44. The van der Waals surface area contributed by atoms with Crippen LogP contribution in [-0.2, 0) is 21.1 Å². The molecule has 5 rings (SSSR count). The zero-order chi connectivity index (χ0) is 37.1. The lowest BCUT2D eigenvalue weighted by Gasteiger charge is -2.12. The molecule has 4 N–H and O–H groups in total. The Balaban J connectivity index is 0.000000303. The number of halogens is 4. The van der Waals surface area contributed by atoms with E-state index < -0.39 is 32.9 Å². The highest BCUT2D eigenvalue weighted by molar-refractivity contribution is 7.85. The zero-order valence-corrected chi connectivity index (χ0v) is 28.5. The van der Waals surface area contributed by atoms with Crippen molar-refractivity contribution in [3.8, 4) is 11.5 Å². The number of hydrogen-bond acceptors (Lipinski definition) is 7. The molecule has 2 heterocycles. The van der Waals surface area contributed by atoms with Crippen LogP contribution in [0, 0.1) is 6.92 Å². The molecule has 0 atom stereocenters. The Hall–Kier alpha value is -5.19. The Kier molecular flexibility index (Phi) is 13.7. The molecule has 4 amide bonds. The Morgan fingerprint density at radius 3 is 2.08 bits per heavy atom. The summed E-state index contributed by atoms with van der Waals surface area (Å²) in [6, 6.07) is 17.6. The second-order valence-corrected chi connectivity index (χ2v) is 12.4. The molecule has 1 fully saturated rings. The van der Waals surface area contributed by atoms with E-state index in [0.717, 1.165) is 37.1 Å². The molecule has 0 spiro atoms. The number of rotatable bonds is 6. The minimum absolute atomic E-state index is 0.0659. The van der Waals surface area contributed by atoms with Crippen LogP contribution in [0.15, 0.2) is 90.0 Å². The van der Waals surface area contributed by atoms with Gasteiger partial charge in [-0.3, -0.25) is 19.1 Å². The summed E-state index contributed by atoms with van der Waals surface area (Å²) < 4.78 is 74.0. The fourth-order valence-corrected chi connectivity index (χ4v) is 4.78. The van der Waals surface area contributed by atoms with Crippen molar-refractivity contribution in [3.63, 3.8) is 0 Å². The Morgan fingerprint density at radius 1 is 0.940 bits per heavy atom. The third-order valence-electron chi connectivity index (χ3n) is 6.70. The molecule has 0 saturated carbocycles. The zero-order valence-electron chi connectivity index (χ0n) is 26.9. The second kappa shape index (κ2) is 17.5. The van der Waals surface area contributed by atoms with Crippen LogP contribution in [0.2, 0.25) is 5.02 Å². The van der Waals surface area contributed by atoms with Crippen LogP contribution in [0.1, 0.15) is 34.5 Å². The average molecular weight is 736 g/mol. The summed E-state index contributed by atoms with van der Waals surface area (Å²) >= 11 is 5.57. The van der Waals surface area contributed by atoms with Crippen molar-refractivity contribution in [1.29, 1.82) is 0 Å². The smallest absolute Gasteiger partial charge is 0.417 e. The molecule has 3 aromatic carbocycles. The Morgan fingerprint density at radius 2 is 1.56 bits per heavy atom. The highest BCUT2D eigenvalue weighted by atomic mass is 35.5. The molecule has 12 nitrogen and oxygen atoms in total. The quantitative estimate of drug-likeness (QED) is 0.153. The molecule has 17 heteroatoms. The third-order valence-corrected chi connectivity index (χ3v) is 7.89. The number of aromatic nitrogens is 1. The fraction of sp³-hybridized carbons (Fsp3) is 0.212. The first kappa shape index (κ1) is 39.3. The van der Waals surface area contributed by atoms with Crippen LogP contribution in [-0.4, -0.2) is 61.3 Å². The normalized spacial score (nSPS) is 12.5. The lowest BCUT2D eigenvalue weighted by Crippen LogP contribution is -2.19. The van der Waals surface area contributed by atoms with Crippen molar-refractivity contribution in [3.05, 3.63) is 107 Å². The van der Waals surface area contributed by atoms with Crippen LogP contribution in [0.25, 0.3) is 0 Å². The first-order chi connectivity index (χ1) is 23.5. The van der Waals surface area contributed by atoms with E-state index in [2.05, 4.69) is 20.9 Å². The van der Waals surface area contributed by atoms with Gasteiger partial charge in [0, 0.05) is 50.7 Å². The summed E-state index contributed by atoms with van der Waals surface area (Å²) in [6.07, 6.45) is -1.40. The number of benzene rings is 3. The number of urea groups is 1. The van der Waals surface area contributed by atoms with Crippen LogP contribution in [0.4, 0.5) is 29.3 Å². The molecule has 1 saturated heterocycles. The molecular formula is C33H33ClF3N5O7S. The molecule has 266 valence electrons. The summed E-state index contributed by atoms with van der Waals surface area (Å²) in [5.74, 6) is 0.752. The van der Waals surface area contributed by atoms with Gasteiger partial charge in [-0.25, -0.2) is 4.79 Å². The van der Waals surface area contributed by atoms with E-state index in [1.807, 2.05) is 14.0 Å². The van der Waals surface area contributed by atoms with Gasteiger partial charge in [-0.05, 0) is 74.0 Å². The van der Waals surface area contributed by atoms with E-state index in [-0.39, 0.29) is 22.2 Å². The second-order valence-electron chi connectivity index (χ2n) is 10.6.